The minimum Gasteiger partial charge on any atom is -0.461 e. The molecule has 1 aromatic heterocycles. The van der Waals surface area contributed by atoms with E-state index >= 15 is 0 Å². The van der Waals surface area contributed by atoms with E-state index in [2.05, 4.69) is 121 Å². The molecule has 37 heavy (non-hydrogen) atoms. The second-order valence-electron chi connectivity index (χ2n) is 8.86. The van der Waals surface area contributed by atoms with E-state index in [0.717, 1.165) is 0 Å². The average Bonchev–Trinajstić information content (AvgIpc) is 2.97. The molecule has 5 rings (SSSR count). The number of carbonyl (C=O) groups is 1. The van der Waals surface area contributed by atoms with E-state index < -0.39 is 6.15 Å². The lowest BCUT2D eigenvalue weighted by atomic mass is 9.13. The van der Waals surface area contributed by atoms with Crippen molar-refractivity contribution < 1.29 is 14.1 Å². The molecule has 4 aromatic carbocycles. The lowest BCUT2D eigenvalue weighted by molar-refractivity contribution is -0.686. The molecule has 0 aliphatic heterocycles. The van der Waals surface area contributed by atoms with Gasteiger partial charge in [-0.05, 0) is 6.92 Å². The molecule has 4 heteroatoms. The predicted molar refractivity (Wildman–Crippen MR) is 153 cm³/mol. The number of ether oxygens (including phenoxy) is 1. The number of nitrogens with zero attached hydrogens (tertiary/aromatic N) is 1. The molecule has 0 bridgehead atoms. The fraction of sp³-hybridized carbons (Fsp3) is 0.0909. The van der Waals surface area contributed by atoms with Gasteiger partial charge >= 0.3 is 5.97 Å². The molecule has 0 saturated carbocycles. The Labute approximate surface area is 219 Å². The van der Waals surface area contributed by atoms with E-state index in [4.69, 9.17) is 4.74 Å². The summed E-state index contributed by atoms with van der Waals surface area (Å²) in [5.74, 6) is -0.200. The number of pyridine rings is 1. The molecule has 184 valence electrons. The Kier molecular flexibility index (Phi) is 9.04. The van der Waals surface area contributed by atoms with Crippen LogP contribution in [0.3, 0.4) is 0 Å². The van der Waals surface area contributed by atoms with Crippen molar-refractivity contribution in [3.63, 3.8) is 0 Å². The Balaban J connectivity index is 0.000000225. The summed E-state index contributed by atoms with van der Waals surface area (Å²) in [6.45, 7) is 2.52. The number of esters is 1. The van der Waals surface area contributed by atoms with E-state index in [-0.39, 0.29) is 12.5 Å². The second kappa shape index (κ2) is 13.0. The molecule has 0 amide bonds. The maximum Gasteiger partial charge on any atom is 0.372 e. The van der Waals surface area contributed by atoms with Crippen LogP contribution in [0.15, 0.2) is 152 Å². The van der Waals surface area contributed by atoms with Gasteiger partial charge in [0.1, 0.15) is 6.15 Å². The summed E-state index contributed by atoms with van der Waals surface area (Å²) >= 11 is 0. The predicted octanol–water partition coefficient (Wildman–Crippen LogP) is 3.60. The van der Waals surface area contributed by atoms with Crippen molar-refractivity contribution in [2.75, 3.05) is 6.61 Å². The highest BCUT2D eigenvalue weighted by Gasteiger charge is 2.31. The van der Waals surface area contributed by atoms with Crippen LogP contribution in [0.25, 0.3) is 0 Å². The number of hydrogen-bond donors (Lipinski definition) is 0. The van der Waals surface area contributed by atoms with E-state index in [0.29, 0.717) is 6.61 Å². The second-order valence-corrected chi connectivity index (χ2v) is 8.86. The van der Waals surface area contributed by atoms with Gasteiger partial charge in [0.15, 0.2) is 12.4 Å². The number of aromatic nitrogens is 1. The summed E-state index contributed by atoms with van der Waals surface area (Å²) in [4.78, 5) is 11.0. The van der Waals surface area contributed by atoms with Crippen molar-refractivity contribution in [1.82, 2.24) is 0 Å². The first-order valence-corrected chi connectivity index (χ1v) is 12.7. The van der Waals surface area contributed by atoms with Crippen LogP contribution in [-0.2, 0) is 16.1 Å². The third-order valence-electron chi connectivity index (χ3n) is 6.59. The molecule has 0 unspecified atom stereocenters. The SMILES string of the molecule is CCOC(=O)C[n+]1ccccc1.c1ccc([B-](c2ccccc2)(c2ccccc2)c2ccccc2)cc1. The van der Waals surface area contributed by atoms with Gasteiger partial charge in [-0.1, -0.05) is 127 Å². The summed E-state index contributed by atoms with van der Waals surface area (Å²) in [6.07, 6.45) is 2.44. The molecular weight excluding hydrogens is 453 g/mol. The maximum atomic E-state index is 11.0. The standard InChI is InChI=1S/C24H20B.C9H12NO2/c1-5-13-21(14-6-1)25(22-15-7-2-8-16-22,23-17-9-3-10-18-23)24-19-11-4-12-20-24;1-2-12-9(11)8-10-6-4-3-5-7-10/h1-20H;3-7H,2,8H2,1H3/q-1;+1. The summed E-state index contributed by atoms with van der Waals surface area (Å²) in [5.41, 5.74) is 5.36. The van der Waals surface area contributed by atoms with Gasteiger partial charge in [0.05, 0.1) is 6.61 Å². The van der Waals surface area contributed by atoms with Gasteiger partial charge in [0.25, 0.3) is 0 Å². The molecule has 0 spiro atoms. The van der Waals surface area contributed by atoms with Gasteiger partial charge in [-0.3, -0.25) is 0 Å². The quantitative estimate of drug-likeness (QED) is 0.200. The summed E-state index contributed by atoms with van der Waals surface area (Å²) in [5, 5.41) is 0. The molecule has 0 saturated heterocycles. The molecule has 5 aromatic rings. The highest BCUT2D eigenvalue weighted by Crippen LogP contribution is 2.09. The first kappa shape index (κ1) is 25.7. The Morgan fingerprint density at radius 1 is 0.568 bits per heavy atom. The highest BCUT2D eigenvalue weighted by atomic mass is 16.5. The van der Waals surface area contributed by atoms with Crippen LogP contribution in [0.2, 0.25) is 0 Å². The smallest absolute Gasteiger partial charge is 0.372 e. The Morgan fingerprint density at radius 3 is 1.22 bits per heavy atom. The maximum absolute atomic E-state index is 11.0. The number of benzene rings is 4. The Bertz CT molecular complexity index is 1180. The summed E-state index contributed by atoms with van der Waals surface area (Å²) < 4.78 is 6.56. The number of carbonyl (C=O) groups excluding carboxylic acids is 1. The zero-order valence-corrected chi connectivity index (χ0v) is 21.2. The lowest BCUT2D eigenvalue weighted by Gasteiger charge is -2.44. The average molecular weight is 485 g/mol. The van der Waals surface area contributed by atoms with Crippen LogP contribution in [0.4, 0.5) is 0 Å². The topological polar surface area (TPSA) is 30.2 Å². The van der Waals surface area contributed by atoms with Gasteiger partial charge < -0.3 is 4.74 Å². The molecule has 0 aliphatic rings. The van der Waals surface area contributed by atoms with Crippen molar-refractivity contribution >= 4 is 34.0 Å². The van der Waals surface area contributed by atoms with Crippen LogP contribution < -0.4 is 26.4 Å². The number of rotatable bonds is 7. The van der Waals surface area contributed by atoms with Crippen LogP contribution in [0, 0.1) is 0 Å². The minimum atomic E-state index is -1.22. The van der Waals surface area contributed by atoms with Crippen LogP contribution in [-0.4, -0.2) is 18.7 Å². The third-order valence-corrected chi connectivity index (χ3v) is 6.59. The Morgan fingerprint density at radius 2 is 0.892 bits per heavy atom. The number of hydrogen-bond acceptors (Lipinski definition) is 2. The van der Waals surface area contributed by atoms with E-state index in [1.807, 2.05) is 30.6 Å². The third kappa shape index (κ3) is 6.23. The van der Waals surface area contributed by atoms with E-state index in [1.165, 1.54) is 21.9 Å². The van der Waals surface area contributed by atoms with Gasteiger partial charge in [0, 0.05) is 12.1 Å². The fourth-order valence-electron chi connectivity index (χ4n) is 5.02. The summed E-state index contributed by atoms with van der Waals surface area (Å²) in [6, 6.07) is 49.2. The van der Waals surface area contributed by atoms with Crippen LogP contribution in [0.1, 0.15) is 6.92 Å². The monoisotopic (exact) mass is 485 g/mol. The van der Waals surface area contributed by atoms with Gasteiger partial charge in [-0.25, -0.2) is 4.79 Å². The largest absolute Gasteiger partial charge is 0.461 e. The van der Waals surface area contributed by atoms with E-state index in [9.17, 15) is 4.79 Å². The molecule has 1 heterocycles. The molecule has 0 atom stereocenters. The van der Waals surface area contributed by atoms with Crippen molar-refractivity contribution in [3.8, 4) is 0 Å². The molecule has 0 fully saturated rings. The normalized spacial score (nSPS) is 10.6. The molecule has 0 radical (unpaired) electrons. The zero-order chi connectivity index (χ0) is 25.8. The van der Waals surface area contributed by atoms with Gasteiger partial charge in [-0.2, -0.15) is 26.4 Å². The lowest BCUT2D eigenvalue weighted by Crippen LogP contribution is -2.74. The van der Waals surface area contributed by atoms with E-state index in [1.54, 1.807) is 11.5 Å². The first-order valence-electron chi connectivity index (χ1n) is 12.7. The molecule has 0 aliphatic carbocycles. The zero-order valence-electron chi connectivity index (χ0n) is 21.2. The van der Waals surface area contributed by atoms with Crippen LogP contribution >= 0.6 is 0 Å². The fourth-order valence-corrected chi connectivity index (χ4v) is 5.02. The van der Waals surface area contributed by atoms with Crippen LogP contribution in [0.5, 0.6) is 0 Å². The highest BCUT2D eigenvalue weighted by molar-refractivity contribution is 7.19. The van der Waals surface area contributed by atoms with Gasteiger partial charge in [-0.15, -0.1) is 0 Å². The van der Waals surface area contributed by atoms with Crippen molar-refractivity contribution in [2.24, 2.45) is 0 Å². The van der Waals surface area contributed by atoms with Gasteiger partial charge in [0.2, 0.25) is 6.54 Å². The minimum absolute atomic E-state index is 0.200. The summed E-state index contributed by atoms with van der Waals surface area (Å²) in [7, 11) is 0. The van der Waals surface area contributed by atoms with Crippen molar-refractivity contribution in [3.05, 3.63) is 152 Å². The van der Waals surface area contributed by atoms with Crippen molar-refractivity contribution in [2.45, 2.75) is 13.5 Å². The van der Waals surface area contributed by atoms with Crippen molar-refractivity contribution in [1.29, 1.82) is 0 Å². The first-order chi connectivity index (χ1) is 18.2. The Hall–Kier alpha value is -4.44. The molecular formula is C33H32BNO2. The molecule has 0 N–H and O–H groups in total. The molecule has 3 nitrogen and oxygen atoms in total.